The van der Waals surface area contributed by atoms with Gasteiger partial charge in [0.1, 0.15) is 5.82 Å². The van der Waals surface area contributed by atoms with Gasteiger partial charge in [-0.2, -0.15) is 0 Å². The number of allylic oxidation sites excluding steroid dienone is 2. The van der Waals surface area contributed by atoms with Crippen LogP contribution in [0.1, 0.15) is 22.3 Å². The van der Waals surface area contributed by atoms with Gasteiger partial charge in [0.15, 0.2) is 0 Å². The highest BCUT2D eigenvalue weighted by Gasteiger charge is 2.21. The van der Waals surface area contributed by atoms with Gasteiger partial charge in [-0.3, -0.25) is 0 Å². The summed E-state index contributed by atoms with van der Waals surface area (Å²) in [5.74, 6) is 1.11. The predicted octanol–water partition coefficient (Wildman–Crippen LogP) is 4.13. The summed E-state index contributed by atoms with van der Waals surface area (Å²) < 4.78 is 0. The lowest BCUT2D eigenvalue weighted by Gasteiger charge is -2.28. The van der Waals surface area contributed by atoms with Crippen LogP contribution >= 0.6 is 0 Å². The minimum Gasteiger partial charge on any atom is -0.370 e. The summed E-state index contributed by atoms with van der Waals surface area (Å²) in [5.41, 5.74) is 7.62. The van der Waals surface area contributed by atoms with Crippen LogP contribution in [0.25, 0.3) is 17.3 Å². The zero-order chi connectivity index (χ0) is 15.8. The Morgan fingerprint density at radius 3 is 2.91 bits per heavy atom. The SMILES string of the molecule is Cc1cccc(C2=C(c3c[nH]c4c3C=CCN4)C=CCN2C)c1. The van der Waals surface area contributed by atoms with Gasteiger partial charge in [-0.1, -0.05) is 48.1 Å². The molecule has 3 nitrogen and oxygen atoms in total. The number of nitrogens with one attached hydrogen (secondary N) is 2. The molecule has 0 atom stereocenters. The third kappa shape index (κ3) is 2.38. The number of rotatable bonds is 2. The molecule has 23 heavy (non-hydrogen) atoms. The van der Waals surface area contributed by atoms with Crippen molar-refractivity contribution >= 4 is 23.2 Å². The number of hydrogen-bond acceptors (Lipinski definition) is 2. The van der Waals surface area contributed by atoms with Crippen molar-refractivity contribution in [3.05, 3.63) is 70.9 Å². The number of likely N-dealkylation sites (N-methyl/N-ethyl adjacent to an activating group) is 1. The van der Waals surface area contributed by atoms with Crippen molar-refractivity contribution in [1.29, 1.82) is 0 Å². The van der Waals surface area contributed by atoms with Crippen LogP contribution in [-0.2, 0) is 0 Å². The van der Waals surface area contributed by atoms with Crippen molar-refractivity contribution < 1.29 is 0 Å². The molecule has 4 rings (SSSR count). The molecule has 3 heteroatoms. The molecular weight excluding hydrogens is 282 g/mol. The van der Waals surface area contributed by atoms with Crippen molar-refractivity contribution in [1.82, 2.24) is 9.88 Å². The fourth-order valence-corrected chi connectivity index (χ4v) is 3.40. The number of anilines is 1. The van der Waals surface area contributed by atoms with Gasteiger partial charge in [0.2, 0.25) is 0 Å². The number of fused-ring (bicyclic) bond motifs is 1. The minimum absolute atomic E-state index is 0.881. The van der Waals surface area contributed by atoms with E-state index in [1.165, 1.54) is 33.5 Å². The van der Waals surface area contributed by atoms with Crippen molar-refractivity contribution in [3.8, 4) is 0 Å². The van der Waals surface area contributed by atoms with Crippen LogP contribution in [0, 0.1) is 6.92 Å². The molecule has 0 amide bonds. The van der Waals surface area contributed by atoms with E-state index in [0.717, 1.165) is 18.9 Å². The summed E-state index contributed by atoms with van der Waals surface area (Å²) in [7, 11) is 2.16. The number of aromatic amines is 1. The lowest BCUT2D eigenvalue weighted by molar-refractivity contribution is 0.533. The molecule has 0 fully saturated rings. The normalized spacial score (nSPS) is 16.5. The van der Waals surface area contributed by atoms with E-state index in [2.05, 4.69) is 83.9 Å². The van der Waals surface area contributed by atoms with Crippen molar-refractivity contribution in [3.63, 3.8) is 0 Å². The molecule has 1 aromatic heterocycles. The zero-order valence-corrected chi connectivity index (χ0v) is 13.6. The molecule has 0 aliphatic carbocycles. The molecular formula is C20H21N3. The Morgan fingerprint density at radius 2 is 2.04 bits per heavy atom. The van der Waals surface area contributed by atoms with E-state index in [0.29, 0.717) is 0 Å². The second kappa shape index (κ2) is 5.51. The maximum atomic E-state index is 3.39. The first-order valence-corrected chi connectivity index (χ1v) is 8.05. The first kappa shape index (κ1) is 13.9. The van der Waals surface area contributed by atoms with Crippen LogP contribution in [0.3, 0.4) is 0 Å². The number of aryl methyl sites for hydroxylation is 1. The molecule has 0 radical (unpaired) electrons. The largest absolute Gasteiger partial charge is 0.370 e. The van der Waals surface area contributed by atoms with E-state index in [-0.39, 0.29) is 0 Å². The molecule has 116 valence electrons. The van der Waals surface area contributed by atoms with Crippen LogP contribution in [0.4, 0.5) is 5.82 Å². The Labute approximate surface area is 137 Å². The maximum Gasteiger partial charge on any atom is 0.111 e. The number of aromatic nitrogens is 1. The number of nitrogens with zero attached hydrogens (tertiary/aromatic N) is 1. The van der Waals surface area contributed by atoms with Gasteiger partial charge in [-0.05, 0) is 18.6 Å². The fourth-order valence-electron chi connectivity index (χ4n) is 3.40. The Balaban J connectivity index is 1.93. The van der Waals surface area contributed by atoms with Gasteiger partial charge in [-0.15, -0.1) is 0 Å². The van der Waals surface area contributed by atoms with Crippen LogP contribution < -0.4 is 5.32 Å². The summed E-state index contributed by atoms with van der Waals surface area (Å²) >= 11 is 0. The van der Waals surface area contributed by atoms with Crippen molar-refractivity contribution in [2.45, 2.75) is 6.92 Å². The zero-order valence-electron chi connectivity index (χ0n) is 13.6. The molecule has 2 aromatic rings. The summed E-state index contributed by atoms with van der Waals surface area (Å²) in [6, 6.07) is 8.74. The van der Waals surface area contributed by atoms with Gasteiger partial charge < -0.3 is 15.2 Å². The van der Waals surface area contributed by atoms with E-state index in [1.54, 1.807) is 0 Å². The molecule has 3 heterocycles. The van der Waals surface area contributed by atoms with Crippen LogP contribution in [0.5, 0.6) is 0 Å². The number of H-pyrrole nitrogens is 1. The van der Waals surface area contributed by atoms with E-state index in [9.17, 15) is 0 Å². The minimum atomic E-state index is 0.881. The quantitative estimate of drug-likeness (QED) is 0.874. The first-order chi connectivity index (χ1) is 11.2. The highest BCUT2D eigenvalue weighted by Crippen LogP contribution is 2.37. The number of benzene rings is 1. The Kier molecular flexibility index (Phi) is 3.34. The lowest BCUT2D eigenvalue weighted by atomic mass is 9.94. The topological polar surface area (TPSA) is 31.1 Å². The average molecular weight is 303 g/mol. The van der Waals surface area contributed by atoms with Crippen molar-refractivity contribution in [2.75, 3.05) is 25.5 Å². The van der Waals surface area contributed by atoms with E-state index in [1.807, 2.05) is 0 Å². The average Bonchev–Trinajstić information content (AvgIpc) is 2.98. The Hall–Kier alpha value is -2.68. The summed E-state index contributed by atoms with van der Waals surface area (Å²) in [6.07, 6.45) is 11.0. The lowest BCUT2D eigenvalue weighted by Crippen LogP contribution is -2.21. The van der Waals surface area contributed by atoms with Gasteiger partial charge in [0.05, 0.1) is 5.70 Å². The smallest absolute Gasteiger partial charge is 0.111 e. The second-order valence-corrected chi connectivity index (χ2v) is 6.19. The monoisotopic (exact) mass is 303 g/mol. The third-order valence-electron chi connectivity index (χ3n) is 4.48. The summed E-state index contributed by atoms with van der Waals surface area (Å²) in [5, 5.41) is 3.39. The highest BCUT2D eigenvalue weighted by molar-refractivity contribution is 5.99. The molecule has 0 unspecified atom stereocenters. The van der Waals surface area contributed by atoms with Gasteiger partial charge in [-0.25, -0.2) is 0 Å². The Morgan fingerprint density at radius 1 is 1.13 bits per heavy atom. The van der Waals surface area contributed by atoms with E-state index in [4.69, 9.17) is 0 Å². The number of hydrogen-bond donors (Lipinski definition) is 2. The van der Waals surface area contributed by atoms with E-state index < -0.39 is 0 Å². The standard InChI is InChI=1S/C20H21N3/c1-14-6-3-7-15(12-14)19-16(9-5-11-23(19)2)18-13-22-20-17(18)8-4-10-21-20/h3-9,12-13,21-22H,10-11H2,1-2H3. The molecule has 2 N–H and O–H groups in total. The maximum absolute atomic E-state index is 3.39. The van der Waals surface area contributed by atoms with Crippen molar-refractivity contribution in [2.24, 2.45) is 0 Å². The predicted molar refractivity (Wildman–Crippen MR) is 98.1 cm³/mol. The van der Waals surface area contributed by atoms with E-state index >= 15 is 0 Å². The van der Waals surface area contributed by atoms with Crippen LogP contribution in [-0.4, -0.2) is 30.0 Å². The molecule has 1 aromatic carbocycles. The van der Waals surface area contributed by atoms with Gasteiger partial charge in [0, 0.05) is 43.0 Å². The highest BCUT2D eigenvalue weighted by atomic mass is 15.1. The van der Waals surface area contributed by atoms with Crippen LogP contribution in [0.15, 0.2) is 48.7 Å². The van der Waals surface area contributed by atoms with Gasteiger partial charge in [0.25, 0.3) is 0 Å². The second-order valence-electron chi connectivity index (χ2n) is 6.19. The fraction of sp³-hybridized carbons (Fsp3) is 0.200. The molecule has 0 spiro atoms. The summed E-state index contributed by atoms with van der Waals surface area (Å²) in [4.78, 5) is 5.70. The molecule has 0 bridgehead atoms. The Bertz CT molecular complexity index is 836. The van der Waals surface area contributed by atoms with Gasteiger partial charge >= 0.3 is 0 Å². The first-order valence-electron chi connectivity index (χ1n) is 8.05. The summed E-state index contributed by atoms with van der Waals surface area (Å²) in [6.45, 7) is 3.97. The third-order valence-corrected chi connectivity index (χ3v) is 4.48. The molecule has 0 saturated heterocycles. The molecule has 2 aliphatic rings. The molecule has 0 saturated carbocycles. The molecule has 2 aliphatic heterocycles. The van der Waals surface area contributed by atoms with Crippen LogP contribution in [0.2, 0.25) is 0 Å².